The first-order chi connectivity index (χ1) is 9.19. The molecule has 0 saturated heterocycles. The highest BCUT2D eigenvalue weighted by atomic mass is 16.5. The largest absolute Gasteiger partial charge is 0.381 e. The lowest BCUT2D eigenvalue weighted by Gasteiger charge is -2.36. The van der Waals surface area contributed by atoms with E-state index >= 15 is 0 Å². The molecule has 4 heteroatoms. The zero-order valence-electron chi connectivity index (χ0n) is 12.6. The van der Waals surface area contributed by atoms with Gasteiger partial charge in [0.05, 0.1) is 13.0 Å². The first-order valence-corrected chi connectivity index (χ1v) is 7.81. The highest BCUT2D eigenvalue weighted by Crippen LogP contribution is 2.23. The predicted octanol–water partition coefficient (Wildman–Crippen LogP) is 2.31. The third kappa shape index (κ3) is 5.91. The molecule has 2 N–H and O–H groups in total. The molecule has 0 bridgehead atoms. The molecule has 4 nitrogen and oxygen atoms in total. The second kappa shape index (κ2) is 9.32. The van der Waals surface area contributed by atoms with Gasteiger partial charge in [-0.3, -0.25) is 4.79 Å². The van der Waals surface area contributed by atoms with Crippen LogP contribution in [0.25, 0.3) is 0 Å². The average Bonchev–Trinajstić information content (AvgIpc) is 2.42. The fraction of sp³-hybridized carbons (Fsp3) is 0.933. The Kier molecular flexibility index (Phi) is 8.07. The molecule has 19 heavy (non-hydrogen) atoms. The molecule has 0 unspecified atom stereocenters. The number of ether oxygens (including phenoxy) is 1. The number of hydrogen-bond donors (Lipinski definition) is 1. The summed E-state index contributed by atoms with van der Waals surface area (Å²) in [4.78, 5) is 14.4. The molecule has 0 aliphatic heterocycles. The van der Waals surface area contributed by atoms with Crippen molar-refractivity contribution in [3.8, 4) is 0 Å². The van der Waals surface area contributed by atoms with E-state index in [-0.39, 0.29) is 5.91 Å². The molecule has 1 saturated carbocycles. The predicted molar refractivity (Wildman–Crippen MR) is 78.0 cm³/mol. The van der Waals surface area contributed by atoms with E-state index in [0.29, 0.717) is 25.1 Å². The number of nitrogens with two attached hydrogens (primary N) is 1. The molecule has 0 radical (unpaired) electrons. The third-order valence-electron chi connectivity index (χ3n) is 3.78. The summed E-state index contributed by atoms with van der Waals surface area (Å²) in [7, 11) is 0. The molecule has 0 atom stereocenters. The van der Waals surface area contributed by atoms with E-state index in [1.165, 1.54) is 0 Å². The summed E-state index contributed by atoms with van der Waals surface area (Å²) in [6.45, 7) is 6.38. The summed E-state index contributed by atoms with van der Waals surface area (Å²) in [6, 6.07) is 0.737. The molecule has 1 aliphatic rings. The van der Waals surface area contributed by atoms with Gasteiger partial charge in [0.2, 0.25) is 5.91 Å². The van der Waals surface area contributed by atoms with E-state index < -0.39 is 0 Å². The molecule has 1 amide bonds. The van der Waals surface area contributed by atoms with Gasteiger partial charge in [0.15, 0.2) is 0 Å². The molecular formula is C15H30N2O2. The number of nitrogens with zero attached hydrogens (tertiary/aromatic N) is 1. The topological polar surface area (TPSA) is 55.6 Å². The molecule has 1 fully saturated rings. The van der Waals surface area contributed by atoms with Crippen molar-refractivity contribution in [1.82, 2.24) is 4.90 Å². The summed E-state index contributed by atoms with van der Waals surface area (Å²) in [5.41, 5.74) is 5.94. The van der Waals surface area contributed by atoms with E-state index in [9.17, 15) is 4.79 Å². The van der Waals surface area contributed by atoms with Gasteiger partial charge >= 0.3 is 0 Å². The Morgan fingerprint density at radius 1 is 1.16 bits per heavy atom. The van der Waals surface area contributed by atoms with Gasteiger partial charge in [-0.15, -0.1) is 0 Å². The van der Waals surface area contributed by atoms with Crippen molar-refractivity contribution in [3.05, 3.63) is 0 Å². The Morgan fingerprint density at radius 3 is 2.42 bits per heavy atom. The van der Waals surface area contributed by atoms with Crippen molar-refractivity contribution in [1.29, 1.82) is 0 Å². The SMILES string of the molecule is CCCOCCC(=O)N(CCC)C1CCC(N)CC1. The first-order valence-electron chi connectivity index (χ1n) is 7.81. The Balaban J connectivity index is 2.39. The molecule has 0 aromatic rings. The summed E-state index contributed by atoms with van der Waals surface area (Å²) in [5, 5.41) is 0. The summed E-state index contributed by atoms with van der Waals surface area (Å²) >= 11 is 0. The lowest BCUT2D eigenvalue weighted by Crippen LogP contribution is -2.44. The van der Waals surface area contributed by atoms with Gasteiger partial charge in [0, 0.05) is 25.2 Å². The van der Waals surface area contributed by atoms with E-state index in [0.717, 1.165) is 51.7 Å². The second-order valence-corrected chi connectivity index (χ2v) is 5.52. The Hall–Kier alpha value is -0.610. The van der Waals surface area contributed by atoms with Crippen LogP contribution in [-0.4, -0.2) is 42.6 Å². The molecule has 1 rings (SSSR count). The monoisotopic (exact) mass is 270 g/mol. The van der Waals surface area contributed by atoms with Gasteiger partial charge in [0.25, 0.3) is 0 Å². The molecule has 0 aromatic heterocycles. The van der Waals surface area contributed by atoms with E-state index in [1.807, 2.05) is 0 Å². The second-order valence-electron chi connectivity index (χ2n) is 5.52. The maximum Gasteiger partial charge on any atom is 0.225 e. The lowest BCUT2D eigenvalue weighted by molar-refractivity contribution is -0.135. The van der Waals surface area contributed by atoms with Crippen molar-refractivity contribution in [3.63, 3.8) is 0 Å². The van der Waals surface area contributed by atoms with Crippen molar-refractivity contribution >= 4 is 5.91 Å². The molecule has 0 spiro atoms. The highest BCUT2D eigenvalue weighted by Gasteiger charge is 2.26. The minimum Gasteiger partial charge on any atom is -0.381 e. The van der Waals surface area contributed by atoms with Crippen molar-refractivity contribution in [2.45, 2.75) is 70.9 Å². The van der Waals surface area contributed by atoms with Gasteiger partial charge in [-0.2, -0.15) is 0 Å². The summed E-state index contributed by atoms with van der Waals surface area (Å²) < 4.78 is 5.42. The van der Waals surface area contributed by atoms with Gasteiger partial charge in [-0.1, -0.05) is 13.8 Å². The Labute approximate surface area is 117 Å². The summed E-state index contributed by atoms with van der Waals surface area (Å²) in [5.74, 6) is 0.249. The molecule has 0 aromatic carbocycles. The molecule has 1 aliphatic carbocycles. The molecule has 0 heterocycles. The van der Waals surface area contributed by atoms with Crippen LogP contribution >= 0.6 is 0 Å². The normalized spacial score (nSPS) is 23.3. The van der Waals surface area contributed by atoms with Gasteiger partial charge < -0.3 is 15.4 Å². The van der Waals surface area contributed by atoms with Crippen molar-refractivity contribution in [2.75, 3.05) is 19.8 Å². The number of rotatable bonds is 8. The highest BCUT2D eigenvalue weighted by molar-refractivity contribution is 5.76. The van der Waals surface area contributed by atoms with E-state index in [1.54, 1.807) is 0 Å². The van der Waals surface area contributed by atoms with Crippen LogP contribution in [-0.2, 0) is 9.53 Å². The quantitative estimate of drug-likeness (QED) is 0.689. The fourth-order valence-electron chi connectivity index (χ4n) is 2.71. The van der Waals surface area contributed by atoms with Gasteiger partial charge in [-0.05, 0) is 38.5 Å². The average molecular weight is 270 g/mol. The van der Waals surface area contributed by atoms with Crippen LogP contribution in [0.1, 0.15) is 58.8 Å². The summed E-state index contributed by atoms with van der Waals surface area (Å²) in [6.07, 6.45) is 6.75. The van der Waals surface area contributed by atoms with E-state index in [4.69, 9.17) is 10.5 Å². The zero-order valence-corrected chi connectivity index (χ0v) is 12.6. The van der Waals surface area contributed by atoms with Crippen LogP contribution in [0.5, 0.6) is 0 Å². The first kappa shape index (κ1) is 16.4. The lowest BCUT2D eigenvalue weighted by atomic mass is 9.90. The maximum atomic E-state index is 12.3. The van der Waals surface area contributed by atoms with Crippen LogP contribution < -0.4 is 5.73 Å². The Bertz CT molecular complexity index is 251. The third-order valence-corrected chi connectivity index (χ3v) is 3.78. The maximum absolute atomic E-state index is 12.3. The van der Waals surface area contributed by atoms with Gasteiger partial charge in [-0.25, -0.2) is 0 Å². The van der Waals surface area contributed by atoms with Crippen molar-refractivity contribution in [2.24, 2.45) is 5.73 Å². The van der Waals surface area contributed by atoms with Crippen LogP contribution in [0.2, 0.25) is 0 Å². The number of carbonyl (C=O) groups excluding carboxylic acids is 1. The molecular weight excluding hydrogens is 240 g/mol. The number of amides is 1. The van der Waals surface area contributed by atoms with Crippen LogP contribution in [0.3, 0.4) is 0 Å². The molecule has 112 valence electrons. The fourth-order valence-corrected chi connectivity index (χ4v) is 2.71. The Morgan fingerprint density at radius 2 is 1.84 bits per heavy atom. The standard InChI is InChI=1S/C15H30N2O2/c1-3-10-17(14-7-5-13(16)6-8-14)15(18)9-12-19-11-4-2/h13-14H,3-12,16H2,1-2H3. The minimum atomic E-state index is 0.249. The smallest absolute Gasteiger partial charge is 0.225 e. The van der Waals surface area contributed by atoms with Crippen LogP contribution in [0, 0.1) is 0 Å². The number of hydrogen-bond acceptors (Lipinski definition) is 3. The van der Waals surface area contributed by atoms with E-state index in [2.05, 4.69) is 18.7 Å². The number of carbonyl (C=O) groups is 1. The minimum absolute atomic E-state index is 0.249. The van der Waals surface area contributed by atoms with Crippen LogP contribution in [0.4, 0.5) is 0 Å². The van der Waals surface area contributed by atoms with Crippen molar-refractivity contribution < 1.29 is 9.53 Å². The van der Waals surface area contributed by atoms with Gasteiger partial charge in [0.1, 0.15) is 0 Å². The zero-order chi connectivity index (χ0) is 14.1. The van der Waals surface area contributed by atoms with Crippen LogP contribution in [0.15, 0.2) is 0 Å².